The fourth-order valence-electron chi connectivity index (χ4n) is 6.69. The standard InChI is InChI=1S/C40H33N2O4PS.BrH/c43-28-41-35-38(44)42-36(40(45)46-37(29-16-6-1-7-17-29)30-18-8-2-9-19-30)31(27-48-39(35)42)26-47(32-20-10-3-11-21-32,33-22-12-4-13-23-33)34-24-14-5-15-25-34;/h1-25,28,35,37,39H,26-27H2;1H/t35-,39+;/m1./s1. The molecule has 1 fully saturated rings. The number of esters is 1. The number of fused-ring (bicyclic) bond motifs is 1. The lowest BCUT2D eigenvalue weighted by atomic mass is 10.0. The number of nitrogens with one attached hydrogen (secondary N) is 1. The monoisotopic (exact) mass is 748 g/mol. The summed E-state index contributed by atoms with van der Waals surface area (Å²) in [5, 5.41) is 5.79. The molecule has 2 aliphatic heterocycles. The number of rotatable bonds is 11. The maximum absolute atomic E-state index is 14.7. The van der Waals surface area contributed by atoms with Crippen LogP contribution in [0.2, 0.25) is 0 Å². The number of thioether (sulfide) groups is 1. The van der Waals surface area contributed by atoms with E-state index in [2.05, 4.69) is 78.1 Å². The van der Waals surface area contributed by atoms with Crippen LogP contribution in [0.4, 0.5) is 0 Å². The average molecular weight is 750 g/mol. The number of hydrogen-bond donors (Lipinski definition) is 1. The zero-order chi connectivity index (χ0) is 32.9. The van der Waals surface area contributed by atoms with Crippen LogP contribution in [0.5, 0.6) is 0 Å². The lowest BCUT2D eigenvalue weighted by Crippen LogP contribution is -3.00. The molecule has 0 aliphatic carbocycles. The van der Waals surface area contributed by atoms with Crippen LogP contribution in [0.1, 0.15) is 17.2 Å². The third-order valence-electron chi connectivity index (χ3n) is 8.94. The van der Waals surface area contributed by atoms with E-state index < -0.39 is 30.8 Å². The molecule has 246 valence electrons. The van der Waals surface area contributed by atoms with Crippen LogP contribution in [0.15, 0.2) is 163 Å². The molecule has 0 bridgehead atoms. The van der Waals surface area contributed by atoms with E-state index in [1.807, 2.05) is 78.9 Å². The van der Waals surface area contributed by atoms with Crippen molar-refractivity contribution in [2.24, 2.45) is 0 Å². The first-order chi connectivity index (χ1) is 23.6. The number of benzene rings is 5. The molecule has 5 aromatic carbocycles. The number of amides is 2. The highest BCUT2D eigenvalue weighted by molar-refractivity contribution is 8.00. The van der Waals surface area contributed by atoms with Crippen LogP contribution in [-0.4, -0.2) is 46.5 Å². The Labute approximate surface area is 301 Å². The van der Waals surface area contributed by atoms with Crippen LogP contribution in [0.25, 0.3) is 0 Å². The number of nitrogens with zero attached hydrogens (tertiary/aromatic N) is 1. The van der Waals surface area contributed by atoms with E-state index in [-0.39, 0.29) is 28.6 Å². The Morgan fingerprint density at radius 1 is 0.755 bits per heavy atom. The molecule has 49 heavy (non-hydrogen) atoms. The molecule has 2 heterocycles. The predicted molar refractivity (Wildman–Crippen MR) is 194 cm³/mol. The maximum Gasteiger partial charge on any atom is 0.356 e. The minimum Gasteiger partial charge on any atom is -1.00 e. The van der Waals surface area contributed by atoms with Gasteiger partial charge in [-0.1, -0.05) is 115 Å². The van der Waals surface area contributed by atoms with Crippen molar-refractivity contribution in [2.45, 2.75) is 17.5 Å². The topological polar surface area (TPSA) is 75.7 Å². The van der Waals surface area contributed by atoms with Crippen molar-refractivity contribution in [3.05, 3.63) is 174 Å². The van der Waals surface area contributed by atoms with Crippen molar-refractivity contribution in [3.63, 3.8) is 0 Å². The highest BCUT2D eigenvalue weighted by Gasteiger charge is 2.56. The molecule has 0 spiro atoms. The molecule has 2 atom stereocenters. The van der Waals surface area contributed by atoms with Gasteiger partial charge in [-0.15, -0.1) is 11.8 Å². The van der Waals surface area contributed by atoms with Gasteiger partial charge in [-0.05, 0) is 47.5 Å². The molecule has 5 aromatic rings. The van der Waals surface area contributed by atoms with Crippen molar-refractivity contribution in [3.8, 4) is 0 Å². The second kappa shape index (κ2) is 15.4. The van der Waals surface area contributed by atoms with Gasteiger partial charge in [0.05, 0.1) is 6.16 Å². The first-order valence-corrected chi connectivity index (χ1v) is 18.9. The van der Waals surface area contributed by atoms with E-state index in [0.29, 0.717) is 18.3 Å². The van der Waals surface area contributed by atoms with E-state index in [1.54, 1.807) is 16.7 Å². The minimum absolute atomic E-state index is 0. The summed E-state index contributed by atoms with van der Waals surface area (Å²) in [7, 11) is -2.41. The molecule has 0 saturated carbocycles. The Balaban J connectivity index is 0.00000417. The molecule has 0 aromatic heterocycles. The highest BCUT2D eigenvalue weighted by Crippen LogP contribution is 2.58. The zero-order valence-corrected chi connectivity index (χ0v) is 29.8. The van der Waals surface area contributed by atoms with Crippen LogP contribution in [0.3, 0.4) is 0 Å². The Morgan fingerprint density at radius 2 is 1.18 bits per heavy atom. The largest absolute Gasteiger partial charge is 1.00 e. The summed E-state index contributed by atoms with van der Waals surface area (Å²) >= 11 is 1.57. The van der Waals surface area contributed by atoms with E-state index in [1.165, 1.54) is 15.9 Å². The van der Waals surface area contributed by atoms with Gasteiger partial charge in [-0.25, -0.2) is 4.79 Å². The van der Waals surface area contributed by atoms with Gasteiger partial charge in [0.15, 0.2) is 6.10 Å². The van der Waals surface area contributed by atoms with Crippen molar-refractivity contribution >= 4 is 53.2 Å². The second-order valence-electron chi connectivity index (χ2n) is 11.7. The fourth-order valence-corrected chi connectivity index (χ4v) is 12.5. The Kier molecular flexibility index (Phi) is 10.8. The van der Waals surface area contributed by atoms with Gasteiger partial charge in [0.1, 0.15) is 40.3 Å². The minimum atomic E-state index is -2.41. The number of ether oxygens (including phenoxy) is 1. The fraction of sp³-hybridized carbons (Fsp3) is 0.125. The molecule has 7 rings (SSSR count). The summed E-state index contributed by atoms with van der Waals surface area (Å²) in [6.45, 7) is 0. The molecule has 9 heteroatoms. The van der Waals surface area contributed by atoms with E-state index in [0.717, 1.165) is 16.7 Å². The molecular formula is C40H34BrN2O4PS. The summed E-state index contributed by atoms with van der Waals surface area (Å²) in [6.07, 6.45) is 0.403. The first-order valence-electron chi connectivity index (χ1n) is 15.8. The molecule has 1 N–H and O–H groups in total. The van der Waals surface area contributed by atoms with Gasteiger partial charge in [0.2, 0.25) is 6.41 Å². The van der Waals surface area contributed by atoms with Crippen molar-refractivity contribution in [2.75, 3.05) is 11.9 Å². The van der Waals surface area contributed by atoms with Gasteiger partial charge in [-0.2, -0.15) is 0 Å². The van der Waals surface area contributed by atoms with E-state index >= 15 is 0 Å². The predicted octanol–water partition coefficient (Wildman–Crippen LogP) is 2.60. The zero-order valence-electron chi connectivity index (χ0n) is 26.5. The Hall–Kier alpha value is -4.49. The summed E-state index contributed by atoms with van der Waals surface area (Å²) in [4.78, 5) is 41.4. The molecule has 2 aliphatic rings. The first kappa shape index (κ1) is 34.4. The molecule has 2 amide bonds. The molecule has 0 unspecified atom stereocenters. The number of halogens is 1. The van der Waals surface area contributed by atoms with Gasteiger partial charge in [0.25, 0.3) is 5.91 Å². The quantitative estimate of drug-likeness (QED) is 0.0974. The summed E-state index contributed by atoms with van der Waals surface area (Å²) in [5.41, 5.74) is 2.78. The second-order valence-corrected chi connectivity index (χ2v) is 16.3. The van der Waals surface area contributed by atoms with Gasteiger partial charge >= 0.3 is 5.97 Å². The van der Waals surface area contributed by atoms with E-state index in [4.69, 9.17) is 4.74 Å². The number of carbonyl (C=O) groups excluding carboxylic acids is 3. The summed E-state index contributed by atoms with van der Waals surface area (Å²) in [6, 6.07) is 50.0. The lowest BCUT2D eigenvalue weighted by molar-refractivity contribution is -0.154. The smallest absolute Gasteiger partial charge is 0.356 e. The Morgan fingerprint density at radius 3 is 1.61 bits per heavy atom. The molecular weight excluding hydrogens is 715 g/mol. The average Bonchev–Trinajstić information content (AvgIpc) is 3.16. The summed E-state index contributed by atoms with van der Waals surface area (Å²) in [5.74, 6) is -0.369. The number of β-lactam (4-membered cyclic amide) rings is 1. The lowest BCUT2D eigenvalue weighted by Gasteiger charge is -2.49. The summed E-state index contributed by atoms with van der Waals surface area (Å²) < 4.78 is 6.44. The highest BCUT2D eigenvalue weighted by atomic mass is 79.9. The third kappa shape index (κ3) is 6.61. The van der Waals surface area contributed by atoms with Crippen molar-refractivity contribution in [1.82, 2.24) is 10.2 Å². The van der Waals surface area contributed by atoms with Crippen molar-refractivity contribution in [1.29, 1.82) is 0 Å². The van der Waals surface area contributed by atoms with Gasteiger partial charge in [-0.3, -0.25) is 14.5 Å². The Bertz CT molecular complexity index is 1800. The van der Waals surface area contributed by atoms with E-state index in [9.17, 15) is 14.4 Å². The SMILES string of the molecule is O=CN[C@@H]1C(=O)N2C(C(=O)OC(c3ccccc3)c3ccccc3)=C(C[P+](c3ccccc3)(c3ccccc3)c3ccccc3)CS[C@@H]12.[Br-]. The number of carbonyl (C=O) groups is 3. The van der Waals surface area contributed by atoms with Crippen LogP contribution >= 0.6 is 19.0 Å². The molecule has 6 nitrogen and oxygen atoms in total. The van der Waals surface area contributed by atoms with Crippen LogP contribution in [-0.2, 0) is 19.1 Å². The molecule has 1 saturated heterocycles. The van der Waals surface area contributed by atoms with Crippen LogP contribution < -0.4 is 38.2 Å². The third-order valence-corrected chi connectivity index (χ3v) is 14.7. The van der Waals surface area contributed by atoms with Gasteiger partial charge < -0.3 is 27.0 Å². The van der Waals surface area contributed by atoms with Gasteiger partial charge in [0, 0.05) is 11.3 Å². The normalized spacial score (nSPS) is 17.0. The van der Waals surface area contributed by atoms with Crippen molar-refractivity contribution < 1.29 is 36.1 Å². The maximum atomic E-state index is 14.7. The number of hydrogen-bond acceptors (Lipinski definition) is 5. The molecule has 0 radical (unpaired) electrons. The van der Waals surface area contributed by atoms with Crippen LogP contribution in [0, 0.1) is 0 Å².